The zero-order valence-electron chi connectivity index (χ0n) is 30.8. The molecule has 45 heavy (non-hydrogen) atoms. The fourth-order valence-electron chi connectivity index (χ4n) is 8.07. The van der Waals surface area contributed by atoms with Crippen LogP contribution >= 0.6 is 22.7 Å². The second-order valence-electron chi connectivity index (χ2n) is 16.9. The fraction of sp³-hybridized carbons (Fsp3) is 0.789. The van der Waals surface area contributed by atoms with Crippen LogP contribution in [0.25, 0.3) is 9.75 Å². The molecular weight excluding hydrogens is 590 g/mol. The van der Waals surface area contributed by atoms with Gasteiger partial charge in [-0.3, -0.25) is 0 Å². The monoisotopic (exact) mass is 652 g/mol. The van der Waals surface area contributed by atoms with Gasteiger partial charge >= 0.3 is 14.0 Å². The Hall–Kier alpha value is -0.590. The maximum Gasteiger partial charge on any atom is 0.505 e. The largest absolute Gasteiger partial charge is 0.505 e. The molecule has 0 amide bonds. The molecule has 0 N–H and O–H groups in total. The third kappa shape index (κ3) is 6.45. The maximum atomic E-state index is 6.86. The first-order chi connectivity index (χ1) is 21.0. The van der Waals surface area contributed by atoms with Crippen LogP contribution in [0.15, 0.2) is 12.1 Å². The van der Waals surface area contributed by atoms with Gasteiger partial charge in [-0.05, 0) is 101 Å². The van der Waals surface area contributed by atoms with Crippen LogP contribution in [0.2, 0.25) is 6.32 Å². The Bertz CT molecular complexity index is 1190. The van der Waals surface area contributed by atoms with Crippen LogP contribution in [-0.4, -0.2) is 30.8 Å². The second kappa shape index (κ2) is 13.0. The number of fused-ring (bicyclic) bond motifs is 3. The SMILES string of the molecule is CCCCC(CC)CC1(CC(CC)CCCC)c2cc(B3CC(C)(C)C(C)(C)O3)sc2-c2sc(B3OC(C)(C)C(C)(C)O3)cc21. The molecule has 3 nitrogen and oxygen atoms in total. The molecule has 2 unspecified atom stereocenters. The molecule has 0 bridgehead atoms. The molecule has 7 heteroatoms. The van der Waals surface area contributed by atoms with Crippen molar-refractivity contribution < 1.29 is 14.0 Å². The third-order valence-corrected chi connectivity index (χ3v) is 15.2. The van der Waals surface area contributed by atoms with Crippen LogP contribution in [0.1, 0.15) is 158 Å². The van der Waals surface area contributed by atoms with Crippen molar-refractivity contribution in [3.63, 3.8) is 0 Å². The molecular formula is C38H62B2O3S2. The van der Waals surface area contributed by atoms with Crippen molar-refractivity contribution >= 4 is 46.3 Å². The van der Waals surface area contributed by atoms with Crippen molar-refractivity contribution in [3.05, 3.63) is 23.3 Å². The lowest BCUT2D eigenvalue weighted by molar-refractivity contribution is 0.00578. The first-order valence-electron chi connectivity index (χ1n) is 18.4. The van der Waals surface area contributed by atoms with E-state index in [2.05, 4.69) is 95.2 Å². The summed E-state index contributed by atoms with van der Waals surface area (Å²) in [6, 6.07) is 5.16. The minimum Gasteiger partial charge on any atom is -0.425 e. The lowest BCUT2D eigenvalue weighted by Crippen LogP contribution is -2.41. The summed E-state index contributed by atoms with van der Waals surface area (Å²) in [6.45, 7) is 27.7. The predicted molar refractivity (Wildman–Crippen MR) is 199 cm³/mol. The molecule has 3 aliphatic rings. The van der Waals surface area contributed by atoms with Crippen molar-refractivity contribution in [1.29, 1.82) is 0 Å². The quantitative estimate of drug-likeness (QED) is 0.190. The predicted octanol–water partition coefficient (Wildman–Crippen LogP) is 10.6. The molecule has 2 atom stereocenters. The van der Waals surface area contributed by atoms with E-state index in [-0.39, 0.29) is 41.7 Å². The van der Waals surface area contributed by atoms with Crippen molar-refractivity contribution in [2.45, 2.75) is 176 Å². The Labute approximate surface area is 285 Å². The molecule has 0 radical (unpaired) electrons. The molecule has 2 aliphatic heterocycles. The van der Waals surface area contributed by atoms with Gasteiger partial charge in [-0.1, -0.05) is 92.9 Å². The first kappa shape index (κ1) is 35.7. The summed E-state index contributed by atoms with van der Waals surface area (Å²) in [4.78, 5) is 2.99. The average molecular weight is 653 g/mol. The highest BCUT2D eigenvalue weighted by Crippen LogP contribution is 2.60. The summed E-state index contributed by atoms with van der Waals surface area (Å²) in [6.07, 6.45) is 13.9. The lowest BCUT2D eigenvalue weighted by Gasteiger charge is -2.38. The minimum atomic E-state index is -0.342. The molecule has 1 aliphatic carbocycles. The Morgan fingerprint density at radius 3 is 1.56 bits per heavy atom. The standard InChI is InChI=1S/C38H62B2O3S2/c1-13-17-19-26(15-3)23-38(24-27(16-4)20-18-14-2)28-21-30(39-25-34(5,6)35(7,8)41-39)44-32(28)33-29(38)22-31(45-33)40-42-36(9,10)37(11,12)43-40/h21-22,26-27H,13-20,23-25H2,1-12H3. The zero-order valence-corrected chi connectivity index (χ0v) is 32.4. The Morgan fingerprint density at radius 1 is 0.667 bits per heavy atom. The lowest BCUT2D eigenvalue weighted by atomic mass is 9.57. The topological polar surface area (TPSA) is 27.7 Å². The third-order valence-electron chi connectivity index (χ3n) is 12.7. The molecule has 0 saturated carbocycles. The van der Waals surface area contributed by atoms with Gasteiger partial charge in [-0.15, -0.1) is 22.7 Å². The van der Waals surface area contributed by atoms with E-state index in [4.69, 9.17) is 14.0 Å². The van der Waals surface area contributed by atoms with Crippen LogP contribution in [0.5, 0.6) is 0 Å². The molecule has 2 saturated heterocycles. The molecule has 2 aromatic rings. The van der Waals surface area contributed by atoms with Crippen molar-refractivity contribution in [2.75, 3.05) is 0 Å². The van der Waals surface area contributed by atoms with Gasteiger partial charge in [0, 0.05) is 24.7 Å². The van der Waals surface area contributed by atoms with E-state index in [1.165, 1.54) is 83.5 Å². The Balaban J connectivity index is 1.65. The molecule has 0 aromatic carbocycles. The highest BCUT2D eigenvalue weighted by molar-refractivity contribution is 7.31. The highest BCUT2D eigenvalue weighted by atomic mass is 32.1. The van der Waals surface area contributed by atoms with Crippen molar-refractivity contribution in [3.8, 4) is 9.75 Å². The second-order valence-corrected chi connectivity index (χ2v) is 19.1. The first-order valence-corrected chi connectivity index (χ1v) is 20.0. The summed E-state index contributed by atoms with van der Waals surface area (Å²) >= 11 is 3.98. The number of hydrogen-bond donors (Lipinski definition) is 0. The van der Waals surface area contributed by atoms with E-state index in [0.717, 1.165) is 18.2 Å². The highest BCUT2D eigenvalue weighted by Gasteiger charge is 2.56. The van der Waals surface area contributed by atoms with Gasteiger partial charge in [0.2, 0.25) is 0 Å². The van der Waals surface area contributed by atoms with Crippen LogP contribution in [0.3, 0.4) is 0 Å². The van der Waals surface area contributed by atoms with E-state index in [9.17, 15) is 0 Å². The van der Waals surface area contributed by atoms with Crippen LogP contribution in [0.4, 0.5) is 0 Å². The minimum absolute atomic E-state index is 0.0320. The number of hydrogen-bond acceptors (Lipinski definition) is 5. The average Bonchev–Trinajstić information content (AvgIpc) is 3.72. The van der Waals surface area contributed by atoms with Gasteiger partial charge < -0.3 is 14.0 Å². The van der Waals surface area contributed by atoms with Gasteiger partial charge in [0.05, 0.1) is 16.8 Å². The van der Waals surface area contributed by atoms with Gasteiger partial charge in [-0.25, -0.2) is 0 Å². The van der Waals surface area contributed by atoms with E-state index in [0.29, 0.717) is 0 Å². The number of unbranched alkanes of at least 4 members (excludes halogenated alkanes) is 2. The number of rotatable bonds is 14. The normalized spacial score (nSPS) is 25.5. The smallest absolute Gasteiger partial charge is 0.425 e. The van der Waals surface area contributed by atoms with Crippen LogP contribution < -0.4 is 9.55 Å². The molecule has 250 valence electrons. The molecule has 5 rings (SSSR count). The summed E-state index contributed by atoms with van der Waals surface area (Å²) in [5.74, 6) is 1.44. The molecule has 2 aromatic heterocycles. The molecule has 2 fully saturated rings. The van der Waals surface area contributed by atoms with Crippen LogP contribution in [-0.2, 0) is 19.4 Å². The van der Waals surface area contributed by atoms with Gasteiger partial charge in [0.15, 0.2) is 0 Å². The van der Waals surface area contributed by atoms with E-state index in [1.54, 1.807) is 11.1 Å². The Kier molecular flexibility index (Phi) is 10.3. The van der Waals surface area contributed by atoms with Gasteiger partial charge in [0.1, 0.15) is 0 Å². The van der Waals surface area contributed by atoms with Gasteiger partial charge in [-0.2, -0.15) is 0 Å². The zero-order chi connectivity index (χ0) is 33.0. The van der Waals surface area contributed by atoms with E-state index in [1.807, 2.05) is 22.7 Å². The summed E-state index contributed by atoms with van der Waals surface area (Å²) in [5.41, 5.74) is 2.53. The van der Waals surface area contributed by atoms with E-state index >= 15 is 0 Å². The summed E-state index contributed by atoms with van der Waals surface area (Å²) in [5, 5.41) is 0. The number of thiophene rings is 2. The van der Waals surface area contributed by atoms with Crippen LogP contribution in [0, 0.1) is 17.3 Å². The fourth-order valence-corrected chi connectivity index (χ4v) is 10.7. The summed E-state index contributed by atoms with van der Waals surface area (Å²) < 4.78 is 22.9. The maximum absolute atomic E-state index is 6.86. The van der Waals surface area contributed by atoms with Crippen molar-refractivity contribution in [1.82, 2.24) is 0 Å². The Morgan fingerprint density at radius 2 is 1.13 bits per heavy atom. The van der Waals surface area contributed by atoms with Crippen molar-refractivity contribution in [2.24, 2.45) is 17.3 Å². The van der Waals surface area contributed by atoms with E-state index < -0.39 is 0 Å². The summed E-state index contributed by atoms with van der Waals surface area (Å²) in [7, 11) is -0.310. The molecule has 0 spiro atoms. The molecule has 4 heterocycles. The van der Waals surface area contributed by atoms with Gasteiger partial charge in [0.25, 0.3) is 0 Å².